The second kappa shape index (κ2) is 3.42. The Hall–Kier alpha value is -1.16. The molecule has 1 spiro atoms. The fourth-order valence-electron chi connectivity index (χ4n) is 3.16. The molecule has 1 N–H and O–H groups in total. The molecule has 4 heteroatoms. The number of dihydropyridines is 1. The molecule has 2 unspecified atom stereocenters. The Morgan fingerprint density at radius 1 is 1.41 bits per heavy atom. The van der Waals surface area contributed by atoms with Gasteiger partial charge in [0.2, 0.25) is 0 Å². The summed E-state index contributed by atoms with van der Waals surface area (Å²) < 4.78 is 5.62. The molecule has 0 amide bonds. The number of allylic oxidation sites excluding steroid dienone is 1. The molecule has 4 nitrogen and oxygen atoms in total. The summed E-state index contributed by atoms with van der Waals surface area (Å²) in [6.07, 6.45) is 8.41. The first-order valence-electron chi connectivity index (χ1n) is 6.18. The van der Waals surface area contributed by atoms with Crippen molar-refractivity contribution in [1.82, 2.24) is 0 Å². The lowest BCUT2D eigenvalue weighted by atomic mass is 9.70. The highest BCUT2D eigenvalue weighted by molar-refractivity contribution is 5.85. The Balaban J connectivity index is 1.87. The number of fused-ring (bicyclic) bond motifs is 2. The van der Waals surface area contributed by atoms with Crippen LogP contribution in [0.25, 0.3) is 0 Å². The van der Waals surface area contributed by atoms with Gasteiger partial charge in [0.05, 0.1) is 11.5 Å². The molecule has 2 fully saturated rings. The van der Waals surface area contributed by atoms with Crippen LogP contribution in [0, 0.1) is 5.92 Å². The van der Waals surface area contributed by atoms with Gasteiger partial charge in [-0.25, -0.2) is 4.79 Å². The molecule has 3 aliphatic rings. The molecule has 0 aromatic carbocycles. The van der Waals surface area contributed by atoms with Gasteiger partial charge in [-0.15, -0.1) is 0 Å². The molecule has 2 atom stereocenters. The molecule has 0 radical (unpaired) electrons. The number of ether oxygens (including phenoxy) is 1. The van der Waals surface area contributed by atoms with Crippen LogP contribution in [-0.2, 0) is 9.53 Å². The summed E-state index contributed by atoms with van der Waals surface area (Å²) >= 11 is 0. The minimum atomic E-state index is -0.614. The van der Waals surface area contributed by atoms with Crippen molar-refractivity contribution in [2.75, 3.05) is 0 Å². The predicted molar refractivity (Wildman–Crippen MR) is 62.8 cm³/mol. The Kier molecular flexibility index (Phi) is 2.20. The monoisotopic (exact) mass is 235 g/mol. The molecular weight excluding hydrogens is 218 g/mol. The number of carbonyl (C=O) groups is 1. The Bertz CT molecular complexity index is 401. The summed E-state index contributed by atoms with van der Waals surface area (Å²) in [6, 6.07) is -0.358. The molecular formula is C13H17NO3. The molecule has 92 valence electrons. The van der Waals surface area contributed by atoms with E-state index in [9.17, 15) is 9.90 Å². The van der Waals surface area contributed by atoms with E-state index in [0.717, 1.165) is 12.8 Å². The van der Waals surface area contributed by atoms with Crippen LogP contribution in [0.1, 0.15) is 32.6 Å². The van der Waals surface area contributed by atoms with Gasteiger partial charge in [0.1, 0.15) is 5.60 Å². The van der Waals surface area contributed by atoms with Crippen molar-refractivity contribution in [1.29, 1.82) is 0 Å². The number of hydrogen-bond acceptors (Lipinski definition) is 4. The van der Waals surface area contributed by atoms with Crippen LogP contribution in [0.4, 0.5) is 0 Å². The first-order valence-corrected chi connectivity index (χ1v) is 6.18. The molecule has 0 aromatic rings. The third-order valence-electron chi connectivity index (χ3n) is 4.32. The van der Waals surface area contributed by atoms with Gasteiger partial charge in [-0.3, -0.25) is 4.99 Å². The van der Waals surface area contributed by atoms with Crippen molar-refractivity contribution in [3.8, 4) is 0 Å². The van der Waals surface area contributed by atoms with Crippen molar-refractivity contribution in [3.05, 3.63) is 12.2 Å². The van der Waals surface area contributed by atoms with Gasteiger partial charge in [-0.2, -0.15) is 0 Å². The normalized spacial score (nSPS) is 48.2. The number of carbonyl (C=O) groups excluding carboxylic acids is 1. The second-order valence-corrected chi connectivity index (χ2v) is 5.64. The Morgan fingerprint density at radius 3 is 2.82 bits per heavy atom. The van der Waals surface area contributed by atoms with Crippen molar-refractivity contribution < 1.29 is 14.6 Å². The summed E-state index contributed by atoms with van der Waals surface area (Å²) in [5, 5.41) is 9.99. The lowest BCUT2D eigenvalue weighted by molar-refractivity contribution is -0.157. The third-order valence-corrected chi connectivity index (χ3v) is 4.32. The Morgan fingerprint density at radius 2 is 2.12 bits per heavy atom. The van der Waals surface area contributed by atoms with Gasteiger partial charge in [-0.1, -0.05) is 6.08 Å². The lowest BCUT2D eigenvalue weighted by Crippen LogP contribution is -2.45. The van der Waals surface area contributed by atoms with Crippen LogP contribution in [-0.4, -0.2) is 34.5 Å². The summed E-state index contributed by atoms with van der Waals surface area (Å²) in [4.78, 5) is 16.0. The minimum Gasteiger partial charge on any atom is -0.457 e. The van der Waals surface area contributed by atoms with Crippen molar-refractivity contribution in [2.45, 2.75) is 49.9 Å². The van der Waals surface area contributed by atoms with E-state index in [-0.39, 0.29) is 17.9 Å². The number of aliphatic hydroxyl groups is 1. The van der Waals surface area contributed by atoms with Gasteiger partial charge in [0.25, 0.3) is 0 Å². The smallest absolute Gasteiger partial charge is 0.332 e. The van der Waals surface area contributed by atoms with Crippen molar-refractivity contribution in [3.63, 3.8) is 0 Å². The fraction of sp³-hybridized carbons (Fsp3) is 0.692. The highest BCUT2D eigenvalue weighted by Crippen LogP contribution is 2.48. The van der Waals surface area contributed by atoms with E-state index in [1.54, 1.807) is 6.21 Å². The standard InChI is InChI=1S/C13H17NO3/c1-12(16)4-6-13(7-5-12)9-3-2-8-14-10(9)11(15)17-13/h2-3,8-10,16H,4-7H2,1H3. The lowest BCUT2D eigenvalue weighted by Gasteiger charge is -2.41. The van der Waals surface area contributed by atoms with Crippen LogP contribution in [0.3, 0.4) is 0 Å². The van der Waals surface area contributed by atoms with Crippen LogP contribution >= 0.6 is 0 Å². The number of rotatable bonds is 0. The van der Waals surface area contributed by atoms with Gasteiger partial charge in [0.15, 0.2) is 6.04 Å². The van der Waals surface area contributed by atoms with Gasteiger partial charge in [0, 0.05) is 6.21 Å². The molecule has 0 bridgehead atoms. The first kappa shape index (κ1) is 11.0. The van der Waals surface area contributed by atoms with Crippen molar-refractivity contribution >= 4 is 12.2 Å². The van der Waals surface area contributed by atoms with E-state index in [1.807, 2.05) is 19.1 Å². The summed E-state index contributed by atoms with van der Waals surface area (Å²) in [5.74, 6) is -0.159. The average molecular weight is 235 g/mol. The zero-order valence-corrected chi connectivity index (χ0v) is 9.93. The van der Waals surface area contributed by atoms with E-state index in [1.165, 1.54) is 0 Å². The topological polar surface area (TPSA) is 58.9 Å². The molecule has 2 heterocycles. The summed E-state index contributed by atoms with van der Waals surface area (Å²) in [6.45, 7) is 1.85. The SMILES string of the molecule is CC1(O)CCC2(CC1)OC(=O)C1N=CC=CC12. The summed E-state index contributed by atoms with van der Waals surface area (Å²) in [7, 11) is 0. The van der Waals surface area contributed by atoms with E-state index in [0.29, 0.717) is 12.8 Å². The fourth-order valence-corrected chi connectivity index (χ4v) is 3.16. The zero-order valence-electron chi connectivity index (χ0n) is 9.93. The van der Waals surface area contributed by atoms with Gasteiger partial charge >= 0.3 is 5.97 Å². The molecule has 0 aromatic heterocycles. The largest absolute Gasteiger partial charge is 0.457 e. The number of nitrogens with zero attached hydrogens (tertiary/aromatic N) is 1. The van der Waals surface area contributed by atoms with E-state index >= 15 is 0 Å². The van der Waals surface area contributed by atoms with Crippen LogP contribution in [0.5, 0.6) is 0 Å². The second-order valence-electron chi connectivity index (χ2n) is 5.64. The van der Waals surface area contributed by atoms with Crippen LogP contribution in [0.2, 0.25) is 0 Å². The maximum Gasteiger partial charge on any atom is 0.332 e. The zero-order chi connectivity index (χ0) is 12.1. The van der Waals surface area contributed by atoms with Crippen LogP contribution in [0.15, 0.2) is 17.1 Å². The molecule has 1 saturated heterocycles. The predicted octanol–water partition coefficient (Wildman–Crippen LogP) is 1.23. The van der Waals surface area contributed by atoms with E-state index in [2.05, 4.69) is 4.99 Å². The molecule has 2 aliphatic heterocycles. The quantitative estimate of drug-likeness (QED) is 0.642. The van der Waals surface area contributed by atoms with E-state index < -0.39 is 11.2 Å². The van der Waals surface area contributed by atoms with Gasteiger partial charge in [-0.05, 0) is 38.7 Å². The Labute approximate surface area is 100 Å². The molecule has 1 saturated carbocycles. The minimum absolute atomic E-state index is 0.0519. The molecule has 1 aliphatic carbocycles. The highest BCUT2D eigenvalue weighted by Gasteiger charge is 2.57. The maximum absolute atomic E-state index is 11.8. The third kappa shape index (κ3) is 1.62. The van der Waals surface area contributed by atoms with Gasteiger partial charge < -0.3 is 9.84 Å². The van der Waals surface area contributed by atoms with E-state index in [4.69, 9.17) is 4.74 Å². The maximum atomic E-state index is 11.8. The first-order chi connectivity index (χ1) is 8.03. The van der Waals surface area contributed by atoms with Crippen LogP contribution < -0.4 is 0 Å². The number of hydrogen-bond donors (Lipinski definition) is 1. The highest BCUT2D eigenvalue weighted by atomic mass is 16.6. The molecule has 3 rings (SSSR count). The summed E-state index contributed by atoms with van der Waals surface area (Å²) in [5.41, 5.74) is -1.03. The molecule has 17 heavy (non-hydrogen) atoms. The average Bonchev–Trinajstić information content (AvgIpc) is 2.59. The number of aliphatic imine (C=N–C) groups is 1. The number of esters is 1. The van der Waals surface area contributed by atoms with Crippen molar-refractivity contribution in [2.24, 2.45) is 10.9 Å².